The number of benzene rings is 3. The molecule has 7 aromatic rings. The molecule has 2 aliphatic carbocycles. The lowest BCUT2D eigenvalue weighted by molar-refractivity contribution is 1.16. The van der Waals surface area contributed by atoms with Crippen LogP contribution in [-0.4, -0.2) is 19.4 Å². The molecule has 0 bridgehead atoms. The summed E-state index contributed by atoms with van der Waals surface area (Å²) in [5, 5.41) is 1.04. The highest BCUT2D eigenvalue weighted by Gasteiger charge is 2.30. The molecule has 0 aliphatic heterocycles. The van der Waals surface area contributed by atoms with Crippen LogP contribution in [0.2, 0.25) is 0 Å². The maximum atomic E-state index is 5.13. The van der Waals surface area contributed by atoms with Crippen LogP contribution < -0.4 is 0 Å². The van der Waals surface area contributed by atoms with Crippen LogP contribution in [0.3, 0.4) is 0 Å². The van der Waals surface area contributed by atoms with Crippen molar-refractivity contribution in [3.63, 3.8) is 0 Å². The molecule has 2 aliphatic rings. The fourth-order valence-corrected chi connectivity index (χ4v) is 6.52. The zero-order valence-corrected chi connectivity index (χ0v) is 18.8. The summed E-state index contributed by atoms with van der Waals surface area (Å²) in [6.07, 6.45) is 5.63. The van der Waals surface area contributed by atoms with Gasteiger partial charge in [0.15, 0.2) is 0 Å². The highest BCUT2D eigenvalue weighted by molar-refractivity contribution is 6.11. The molecule has 0 saturated carbocycles. The van der Waals surface area contributed by atoms with Gasteiger partial charge in [-0.25, -0.2) is 4.98 Å². The normalized spacial score (nSPS) is 13.5. The van der Waals surface area contributed by atoms with Crippen molar-refractivity contribution >= 4 is 38.6 Å². The molecule has 0 spiro atoms. The Bertz CT molecular complexity index is 2070. The molecule has 162 valence electrons. The number of aromatic nitrogens is 4. The fourth-order valence-electron chi connectivity index (χ4n) is 6.52. The van der Waals surface area contributed by atoms with Gasteiger partial charge in [-0.2, -0.15) is 0 Å². The molecule has 4 aromatic heterocycles. The molecule has 4 heterocycles. The Balaban J connectivity index is 1.39. The van der Waals surface area contributed by atoms with E-state index in [-0.39, 0.29) is 0 Å². The van der Waals surface area contributed by atoms with Gasteiger partial charge >= 0.3 is 0 Å². The molecule has 9 rings (SSSR count). The van der Waals surface area contributed by atoms with Crippen molar-refractivity contribution in [2.45, 2.75) is 12.8 Å². The van der Waals surface area contributed by atoms with Gasteiger partial charge in [-0.15, -0.1) is 0 Å². The molecular weight excluding hydrogens is 428 g/mol. The number of imidazole rings is 1. The van der Waals surface area contributed by atoms with Gasteiger partial charge in [-0.05, 0) is 81.3 Å². The lowest BCUT2D eigenvalue weighted by atomic mass is 9.96. The van der Waals surface area contributed by atoms with E-state index in [0.29, 0.717) is 0 Å². The summed E-state index contributed by atoms with van der Waals surface area (Å²) in [7, 11) is 0. The van der Waals surface area contributed by atoms with Crippen molar-refractivity contribution in [2.75, 3.05) is 0 Å². The lowest BCUT2D eigenvalue weighted by Crippen LogP contribution is -1.96. The highest BCUT2D eigenvalue weighted by atomic mass is 15.0. The van der Waals surface area contributed by atoms with Crippen molar-refractivity contribution in [3.05, 3.63) is 107 Å². The summed E-state index contributed by atoms with van der Waals surface area (Å²) in [4.78, 5) is 14.5. The van der Waals surface area contributed by atoms with Crippen LogP contribution >= 0.6 is 0 Å². The summed E-state index contributed by atoms with van der Waals surface area (Å²) in [5.41, 5.74) is 17.3. The Labute approximate surface area is 200 Å². The van der Waals surface area contributed by atoms with E-state index in [1.807, 2.05) is 24.5 Å². The number of hydrogen-bond acceptors (Lipinski definition) is 3. The second kappa shape index (κ2) is 6.10. The molecule has 0 amide bonds. The molecule has 0 unspecified atom stereocenters. The van der Waals surface area contributed by atoms with Crippen LogP contribution in [0.15, 0.2) is 85.2 Å². The van der Waals surface area contributed by atoms with Crippen LogP contribution in [0.4, 0.5) is 0 Å². The molecular formula is C31H18N4. The van der Waals surface area contributed by atoms with Crippen molar-refractivity contribution in [3.8, 4) is 22.3 Å². The molecule has 3 aromatic carbocycles. The first-order valence-electron chi connectivity index (χ1n) is 12.1. The maximum Gasteiger partial charge on any atom is 0.148 e. The molecule has 4 nitrogen and oxygen atoms in total. The zero-order valence-electron chi connectivity index (χ0n) is 18.8. The minimum absolute atomic E-state index is 0.904. The van der Waals surface area contributed by atoms with Gasteiger partial charge in [0.25, 0.3) is 0 Å². The van der Waals surface area contributed by atoms with Gasteiger partial charge in [-0.1, -0.05) is 42.5 Å². The van der Waals surface area contributed by atoms with Crippen molar-refractivity contribution in [2.24, 2.45) is 0 Å². The van der Waals surface area contributed by atoms with E-state index in [0.717, 1.165) is 45.9 Å². The predicted octanol–water partition coefficient (Wildman–Crippen LogP) is 6.73. The quantitative estimate of drug-likeness (QED) is 0.243. The van der Waals surface area contributed by atoms with Crippen molar-refractivity contribution < 1.29 is 0 Å². The second-order valence-electron chi connectivity index (χ2n) is 9.63. The van der Waals surface area contributed by atoms with Crippen LogP contribution in [0.5, 0.6) is 0 Å². The van der Waals surface area contributed by atoms with Gasteiger partial charge in [-0.3, -0.25) is 14.4 Å². The predicted molar refractivity (Wildman–Crippen MR) is 140 cm³/mol. The van der Waals surface area contributed by atoms with E-state index >= 15 is 0 Å². The SMILES string of the molecule is c1ccc2c(c1)Cc1c-2ccc2c1Cc1c-2ccc2nc3c4cccnc4c4ncccc4n3c12. The molecule has 0 saturated heterocycles. The topological polar surface area (TPSA) is 43.1 Å². The standard InChI is InChI=1S/C31H18N4/c1-2-6-18-17(5-1)15-23-19(18)9-10-20-21-11-12-26-30(25(21)16-24(20)23)35-27-8-4-14-33-29(27)28-22(31(35)34-26)7-3-13-32-28/h1-14H,15-16H2. The lowest BCUT2D eigenvalue weighted by Gasteiger charge is -2.09. The fraction of sp³-hybridized carbons (Fsp3) is 0.0645. The third-order valence-corrected chi connectivity index (χ3v) is 7.97. The van der Waals surface area contributed by atoms with E-state index in [1.54, 1.807) is 0 Å². The Morgan fingerprint density at radius 1 is 0.600 bits per heavy atom. The Hall–Kier alpha value is -4.57. The van der Waals surface area contributed by atoms with Crippen molar-refractivity contribution in [1.29, 1.82) is 0 Å². The summed E-state index contributed by atoms with van der Waals surface area (Å²) in [5.74, 6) is 0. The monoisotopic (exact) mass is 446 g/mol. The molecule has 0 radical (unpaired) electrons. The van der Waals surface area contributed by atoms with E-state index in [2.05, 4.69) is 70.0 Å². The number of fused-ring (bicyclic) bond motifs is 16. The molecule has 0 atom stereocenters. The minimum atomic E-state index is 0.904. The van der Waals surface area contributed by atoms with Gasteiger partial charge in [0, 0.05) is 24.2 Å². The largest absolute Gasteiger partial charge is 0.290 e. The van der Waals surface area contributed by atoms with Crippen LogP contribution in [0.1, 0.15) is 22.3 Å². The van der Waals surface area contributed by atoms with Gasteiger partial charge < -0.3 is 0 Å². The Morgan fingerprint density at radius 3 is 2.29 bits per heavy atom. The first kappa shape index (κ1) is 17.8. The smallest absolute Gasteiger partial charge is 0.148 e. The van der Waals surface area contributed by atoms with E-state index in [4.69, 9.17) is 9.97 Å². The summed E-state index contributed by atoms with van der Waals surface area (Å²) < 4.78 is 2.32. The van der Waals surface area contributed by atoms with E-state index in [9.17, 15) is 0 Å². The van der Waals surface area contributed by atoms with Crippen molar-refractivity contribution in [1.82, 2.24) is 19.4 Å². The van der Waals surface area contributed by atoms with Gasteiger partial charge in [0.2, 0.25) is 0 Å². The number of nitrogens with zero attached hydrogens (tertiary/aromatic N) is 4. The summed E-state index contributed by atoms with van der Waals surface area (Å²) >= 11 is 0. The number of hydrogen-bond donors (Lipinski definition) is 0. The van der Waals surface area contributed by atoms with Crippen LogP contribution in [0.25, 0.3) is 60.9 Å². The number of rotatable bonds is 0. The zero-order chi connectivity index (χ0) is 22.7. The van der Waals surface area contributed by atoms with Crippen LogP contribution in [0, 0.1) is 0 Å². The molecule has 4 heteroatoms. The average Bonchev–Trinajstić information content (AvgIpc) is 3.59. The van der Waals surface area contributed by atoms with E-state index in [1.165, 1.54) is 50.0 Å². The Morgan fingerprint density at radius 2 is 1.34 bits per heavy atom. The maximum absolute atomic E-state index is 5.13. The first-order valence-corrected chi connectivity index (χ1v) is 12.1. The second-order valence-corrected chi connectivity index (χ2v) is 9.63. The Kier molecular flexibility index (Phi) is 3.11. The van der Waals surface area contributed by atoms with Gasteiger partial charge in [0.1, 0.15) is 16.7 Å². The molecule has 35 heavy (non-hydrogen) atoms. The highest BCUT2D eigenvalue weighted by Crippen LogP contribution is 2.48. The first-order chi connectivity index (χ1) is 17.4. The van der Waals surface area contributed by atoms with E-state index < -0.39 is 0 Å². The van der Waals surface area contributed by atoms with Gasteiger partial charge in [0.05, 0.1) is 16.6 Å². The third kappa shape index (κ3) is 2.11. The summed E-state index contributed by atoms with van der Waals surface area (Å²) in [6, 6.07) is 26.2. The summed E-state index contributed by atoms with van der Waals surface area (Å²) in [6.45, 7) is 0. The molecule has 0 fully saturated rings. The average molecular weight is 447 g/mol. The minimum Gasteiger partial charge on any atom is -0.290 e. The van der Waals surface area contributed by atoms with Crippen LogP contribution in [-0.2, 0) is 12.8 Å². The third-order valence-electron chi connectivity index (χ3n) is 7.97. The number of pyridine rings is 3. The molecule has 0 N–H and O–H groups in total.